The molecule has 8 heteroatoms. The van der Waals surface area contributed by atoms with Crippen molar-refractivity contribution in [3.63, 3.8) is 0 Å². The summed E-state index contributed by atoms with van der Waals surface area (Å²) in [5, 5.41) is 6.62. The first-order chi connectivity index (χ1) is 12.7. The zero-order valence-corrected chi connectivity index (χ0v) is 19.5. The Morgan fingerprint density at radius 2 is 2.22 bits per heavy atom. The number of aryl methyl sites for hydroxylation is 1. The zero-order chi connectivity index (χ0) is 18.4. The molecule has 1 saturated heterocycles. The molecule has 1 aliphatic rings. The highest BCUT2D eigenvalue weighted by atomic mass is 127. The van der Waals surface area contributed by atoms with Gasteiger partial charge in [0.2, 0.25) is 0 Å². The van der Waals surface area contributed by atoms with Crippen LogP contribution >= 0.6 is 35.3 Å². The SMILES string of the molecule is CCNC(=NCC(c1ccco1)N1CCCC1)N(C)Cc1csc(C)n1.I. The second-order valence-electron chi connectivity index (χ2n) is 6.68. The molecule has 1 N–H and O–H groups in total. The molecule has 3 heterocycles. The number of halogens is 1. The van der Waals surface area contributed by atoms with Gasteiger partial charge in [0.05, 0.1) is 36.1 Å². The van der Waals surface area contributed by atoms with E-state index < -0.39 is 0 Å². The highest BCUT2D eigenvalue weighted by molar-refractivity contribution is 14.0. The first-order valence-corrected chi connectivity index (χ1v) is 10.2. The molecule has 1 fully saturated rings. The Kier molecular flexibility index (Phi) is 9.04. The van der Waals surface area contributed by atoms with E-state index in [1.165, 1.54) is 12.8 Å². The van der Waals surface area contributed by atoms with Crippen LogP contribution in [0, 0.1) is 6.92 Å². The Morgan fingerprint density at radius 1 is 1.44 bits per heavy atom. The number of hydrogen-bond donors (Lipinski definition) is 1. The van der Waals surface area contributed by atoms with Gasteiger partial charge in [-0.05, 0) is 51.9 Å². The average molecular weight is 503 g/mol. The molecule has 27 heavy (non-hydrogen) atoms. The van der Waals surface area contributed by atoms with E-state index in [1.807, 2.05) is 13.0 Å². The van der Waals surface area contributed by atoms with Gasteiger partial charge >= 0.3 is 0 Å². The largest absolute Gasteiger partial charge is 0.468 e. The number of rotatable bonds is 7. The van der Waals surface area contributed by atoms with Crippen molar-refractivity contribution in [3.05, 3.63) is 40.2 Å². The molecule has 0 aromatic carbocycles. The van der Waals surface area contributed by atoms with E-state index in [9.17, 15) is 0 Å². The first-order valence-electron chi connectivity index (χ1n) is 9.35. The molecule has 0 amide bonds. The third-order valence-corrected chi connectivity index (χ3v) is 5.45. The molecule has 0 radical (unpaired) electrons. The van der Waals surface area contributed by atoms with Crippen LogP contribution in [0.2, 0.25) is 0 Å². The van der Waals surface area contributed by atoms with Gasteiger partial charge in [-0.25, -0.2) is 4.98 Å². The van der Waals surface area contributed by atoms with Crippen LogP contribution in [0.15, 0.2) is 33.2 Å². The van der Waals surface area contributed by atoms with Crippen LogP contribution in [-0.2, 0) is 6.54 Å². The molecule has 3 rings (SSSR count). The van der Waals surface area contributed by atoms with Gasteiger partial charge in [0.25, 0.3) is 0 Å². The zero-order valence-electron chi connectivity index (χ0n) is 16.4. The Morgan fingerprint density at radius 3 is 2.81 bits per heavy atom. The van der Waals surface area contributed by atoms with Crippen LogP contribution in [-0.4, -0.2) is 54.0 Å². The second-order valence-corrected chi connectivity index (χ2v) is 7.75. The van der Waals surface area contributed by atoms with E-state index in [2.05, 4.69) is 45.5 Å². The van der Waals surface area contributed by atoms with Crippen LogP contribution in [0.5, 0.6) is 0 Å². The third kappa shape index (κ3) is 6.18. The number of aromatic nitrogens is 1. The first kappa shape index (κ1) is 22.2. The molecule has 0 spiro atoms. The minimum atomic E-state index is 0. The highest BCUT2D eigenvalue weighted by Crippen LogP contribution is 2.26. The molecule has 0 saturated carbocycles. The quantitative estimate of drug-likeness (QED) is 0.353. The highest BCUT2D eigenvalue weighted by Gasteiger charge is 2.25. The van der Waals surface area contributed by atoms with Gasteiger partial charge in [-0.2, -0.15) is 0 Å². The maximum absolute atomic E-state index is 5.71. The second kappa shape index (κ2) is 11.0. The Hall–Kier alpha value is -1.13. The standard InChI is InChI=1S/C19H29N5OS.HI/c1-4-20-19(23(3)13-16-14-26-15(2)22-16)21-12-17(18-8-7-11-25-18)24-9-5-6-10-24;/h7-8,11,14,17H,4-6,9-10,12-13H2,1-3H3,(H,20,21);1H. The van der Waals surface area contributed by atoms with Gasteiger partial charge in [0.1, 0.15) is 5.76 Å². The summed E-state index contributed by atoms with van der Waals surface area (Å²) in [4.78, 5) is 14.1. The fraction of sp³-hybridized carbons (Fsp3) is 0.579. The summed E-state index contributed by atoms with van der Waals surface area (Å²) in [5.41, 5.74) is 1.09. The molecule has 6 nitrogen and oxygen atoms in total. The van der Waals surface area contributed by atoms with Gasteiger partial charge < -0.3 is 14.6 Å². The summed E-state index contributed by atoms with van der Waals surface area (Å²) in [7, 11) is 2.06. The number of likely N-dealkylation sites (tertiary alicyclic amines) is 1. The number of thiazole rings is 1. The topological polar surface area (TPSA) is 56.9 Å². The van der Waals surface area contributed by atoms with Gasteiger partial charge in [0, 0.05) is 19.0 Å². The van der Waals surface area contributed by atoms with Crippen LogP contribution in [0.3, 0.4) is 0 Å². The van der Waals surface area contributed by atoms with Crippen molar-refractivity contribution in [2.24, 2.45) is 4.99 Å². The Balaban J connectivity index is 0.00000261. The summed E-state index contributed by atoms with van der Waals surface area (Å²) >= 11 is 1.69. The van der Waals surface area contributed by atoms with E-state index in [4.69, 9.17) is 9.41 Å². The number of guanidine groups is 1. The molecule has 1 unspecified atom stereocenters. The van der Waals surface area contributed by atoms with Gasteiger partial charge in [-0.1, -0.05) is 0 Å². The molecule has 0 aliphatic carbocycles. The summed E-state index contributed by atoms with van der Waals surface area (Å²) in [6.07, 6.45) is 4.26. The number of furan rings is 1. The maximum atomic E-state index is 5.71. The van der Waals surface area contributed by atoms with E-state index in [0.717, 1.165) is 48.6 Å². The van der Waals surface area contributed by atoms with Crippen LogP contribution in [0.1, 0.15) is 42.3 Å². The minimum absolute atomic E-state index is 0. The molecule has 2 aromatic heterocycles. The van der Waals surface area contributed by atoms with E-state index in [1.54, 1.807) is 17.6 Å². The molecule has 150 valence electrons. The fourth-order valence-corrected chi connectivity index (χ4v) is 3.96. The average Bonchev–Trinajstić information content (AvgIpc) is 3.37. The van der Waals surface area contributed by atoms with Gasteiger partial charge in [0.15, 0.2) is 5.96 Å². The van der Waals surface area contributed by atoms with Gasteiger partial charge in [-0.3, -0.25) is 9.89 Å². The predicted molar refractivity (Wildman–Crippen MR) is 122 cm³/mol. The molecular weight excluding hydrogens is 473 g/mol. The fourth-order valence-electron chi connectivity index (χ4n) is 3.36. The molecule has 1 atom stereocenters. The molecule has 1 aliphatic heterocycles. The molecular formula is C19H30IN5OS. The summed E-state index contributed by atoms with van der Waals surface area (Å²) < 4.78 is 5.71. The monoisotopic (exact) mass is 503 g/mol. The minimum Gasteiger partial charge on any atom is -0.468 e. The van der Waals surface area contributed by atoms with Crippen molar-refractivity contribution in [1.82, 2.24) is 20.1 Å². The lowest BCUT2D eigenvalue weighted by molar-refractivity contribution is 0.220. The van der Waals surface area contributed by atoms with Crippen molar-refractivity contribution in [3.8, 4) is 0 Å². The molecule has 2 aromatic rings. The smallest absolute Gasteiger partial charge is 0.194 e. The van der Waals surface area contributed by atoms with Crippen molar-refractivity contribution in [1.29, 1.82) is 0 Å². The lowest BCUT2D eigenvalue weighted by Gasteiger charge is -2.26. The van der Waals surface area contributed by atoms with Crippen LogP contribution in [0.25, 0.3) is 0 Å². The Bertz CT molecular complexity index is 697. The number of nitrogens with zero attached hydrogens (tertiary/aromatic N) is 4. The Labute approximate surface area is 183 Å². The van der Waals surface area contributed by atoms with Crippen molar-refractivity contribution in [2.45, 2.75) is 39.3 Å². The summed E-state index contributed by atoms with van der Waals surface area (Å²) in [6, 6.07) is 4.23. The number of aliphatic imine (C=N–C) groups is 1. The van der Waals surface area contributed by atoms with E-state index >= 15 is 0 Å². The van der Waals surface area contributed by atoms with Crippen molar-refractivity contribution >= 4 is 41.3 Å². The van der Waals surface area contributed by atoms with Crippen molar-refractivity contribution < 1.29 is 4.42 Å². The van der Waals surface area contributed by atoms with E-state index in [-0.39, 0.29) is 30.0 Å². The van der Waals surface area contributed by atoms with Gasteiger partial charge in [-0.15, -0.1) is 35.3 Å². The summed E-state index contributed by atoms with van der Waals surface area (Å²) in [5.74, 6) is 1.91. The summed E-state index contributed by atoms with van der Waals surface area (Å²) in [6.45, 7) is 8.66. The number of hydrogen-bond acceptors (Lipinski definition) is 5. The lowest BCUT2D eigenvalue weighted by Crippen LogP contribution is -2.39. The maximum Gasteiger partial charge on any atom is 0.194 e. The van der Waals surface area contributed by atoms with Crippen LogP contribution in [0.4, 0.5) is 0 Å². The van der Waals surface area contributed by atoms with E-state index in [0.29, 0.717) is 6.54 Å². The lowest BCUT2D eigenvalue weighted by atomic mass is 10.2. The van der Waals surface area contributed by atoms with Crippen LogP contribution < -0.4 is 5.32 Å². The third-order valence-electron chi connectivity index (χ3n) is 4.63. The number of nitrogens with one attached hydrogen (secondary N) is 1. The molecule has 0 bridgehead atoms. The normalized spacial score (nSPS) is 16.2. The van der Waals surface area contributed by atoms with Crippen molar-refractivity contribution in [2.75, 3.05) is 33.2 Å². The predicted octanol–water partition coefficient (Wildman–Crippen LogP) is 3.90.